The highest BCUT2D eigenvalue weighted by Crippen LogP contribution is 2.27. The fourth-order valence-electron chi connectivity index (χ4n) is 1.47. The summed E-state index contributed by atoms with van der Waals surface area (Å²) in [5.74, 6) is 1.01. The van der Waals surface area contributed by atoms with E-state index >= 15 is 0 Å². The second-order valence-corrected chi connectivity index (χ2v) is 6.32. The Hall–Kier alpha value is -1.31. The van der Waals surface area contributed by atoms with Crippen LogP contribution in [-0.2, 0) is 16.6 Å². The summed E-state index contributed by atoms with van der Waals surface area (Å²) in [6.07, 6.45) is 1.49. The van der Waals surface area contributed by atoms with Crippen LogP contribution in [0.25, 0.3) is 0 Å². The molecule has 1 heterocycles. The van der Waals surface area contributed by atoms with Crippen LogP contribution in [0.1, 0.15) is 5.76 Å². The third-order valence-corrected chi connectivity index (χ3v) is 4.50. The maximum absolute atomic E-state index is 12.1. The molecule has 0 fully saturated rings. The molecule has 0 saturated carbocycles. The van der Waals surface area contributed by atoms with Crippen LogP contribution < -0.4 is 9.46 Å². The summed E-state index contributed by atoms with van der Waals surface area (Å²) in [6.45, 7) is 0.105. The molecule has 0 atom stereocenters. The quantitative estimate of drug-likeness (QED) is 0.903. The van der Waals surface area contributed by atoms with Crippen molar-refractivity contribution in [2.24, 2.45) is 0 Å². The van der Waals surface area contributed by atoms with Crippen LogP contribution in [0, 0.1) is 0 Å². The van der Waals surface area contributed by atoms with E-state index in [1.165, 1.54) is 25.5 Å². The molecule has 1 aromatic carbocycles. The molecule has 0 aliphatic heterocycles. The topological polar surface area (TPSA) is 68.5 Å². The van der Waals surface area contributed by atoms with Gasteiger partial charge in [0.25, 0.3) is 0 Å². The Balaban J connectivity index is 2.19. The highest BCUT2D eigenvalue weighted by atomic mass is 79.9. The molecule has 5 nitrogen and oxygen atoms in total. The summed E-state index contributed by atoms with van der Waals surface area (Å²) >= 11 is 3.27. The number of methoxy groups -OCH3 is 1. The molecule has 0 bridgehead atoms. The lowest BCUT2D eigenvalue weighted by Crippen LogP contribution is -2.23. The van der Waals surface area contributed by atoms with Crippen LogP contribution in [0.5, 0.6) is 5.75 Å². The second kappa shape index (κ2) is 5.77. The van der Waals surface area contributed by atoms with E-state index in [0.29, 0.717) is 16.0 Å². The lowest BCUT2D eigenvalue weighted by Gasteiger charge is -2.08. The van der Waals surface area contributed by atoms with Gasteiger partial charge in [-0.2, -0.15) is 0 Å². The van der Waals surface area contributed by atoms with Gasteiger partial charge in [0.05, 0.1) is 29.3 Å². The second-order valence-electron chi connectivity index (χ2n) is 3.70. The lowest BCUT2D eigenvalue weighted by atomic mass is 10.3. The van der Waals surface area contributed by atoms with Crippen LogP contribution >= 0.6 is 15.9 Å². The maximum atomic E-state index is 12.1. The molecule has 0 spiro atoms. The van der Waals surface area contributed by atoms with Crippen LogP contribution in [0.3, 0.4) is 0 Å². The number of halogens is 1. The molecule has 0 aliphatic carbocycles. The number of furan rings is 1. The van der Waals surface area contributed by atoms with Crippen molar-refractivity contribution in [3.8, 4) is 5.75 Å². The molecule has 0 aliphatic rings. The van der Waals surface area contributed by atoms with Crippen molar-refractivity contribution in [3.63, 3.8) is 0 Å². The van der Waals surface area contributed by atoms with Gasteiger partial charge in [-0.3, -0.25) is 0 Å². The number of hydrogen-bond acceptors (Lipinski definition) is 4. The normalized spacial score (nSPS) is 11.5. The molecule has 2 aromatic rings. The molecule has 0 radical (unpaired) electrons. The number of rotatable bonds is 5. The maximum Gasteiger partial charge on any atom is 0.241 e. The van der Waals surface area contributed by atoms with Crippen molar-refractivity contribution in [2.75, 3.05) is 7.11 Å². The molecule has 0 amide bonds. The minimum atomic E-state index is -3.60. The standard InChI is InChI=1S/C12H12BrNO4S/c1-17-12-7-10(4-5-11(12)13)19(15,16)14-8-9-3-2-6-18-9/h2-7,14H,8H2,1H3. The van der Waals surface area contributed by atoms with Crippen LogP contribution in [0.2, 0.25) is 0 Å². The highest BCUT2D eigenvalue weighted by Gasteiger charge is 2.16. The molecule has 0 unspecified atom stereocenters. The Morgan fingerprint density at radius 2 is 2.16 bits per heavy atom. The molecular formula is C12H12BrNO4S. The Kier molecular flexibility index (Phi) is 4.28. The molecule has 2 rings (SSSR count). The van der Waals surface area contributed by atoms with E-state index in [1.54, 1.807) is 18.2 Å². The van der Waals surface area contributed by atoms with Gasteiger partial charge in [-0.05, 0) is 40.2 Å². The first kappa shape index (κ1) is 14.1. The summed E-state index contributed by atoms with van der Waals surface area (Å²) < 4.78 is 37.5. The predicted molar refractivity (Wildman–Crippen MR) is 73.4 cm³/mol. The molecule has 0 saturated heterocycles. The van der Waals surface area contributed by atoms with E-state index in [4.69, 9.17) is 9.15 Å². The van der Waals surface area contributed by atoms with Gasteiger partial charge in [-0.25, -0.2) is 13.1 Å². The van der Waals surface area contributed by atoms with Crippen LogP contribution in [-0.4, -0.2) is 15.5 Å². The summed E-state index contributed by atoms with van der Waals surface area (Å²) in [5, 5.41) is 0. The van der Waals surface area contributed by atoms with Gasteiger partial charge in [0, 0.05) is 6.07 Å². The van der Waals surface area contributed by atoms with E-state index in [0.717, 1.165) is 0 Å². The Bertz CT molecular complexity index is 652. The van der Waals surface area contributed by atoms with Gasteiger partial charge in [0.1, 0.15) is 11.5 Å². The highest BCUT2D eigenvalue weighted by molar-refractivity contribution is 9.10. The van der Waals surface area contributed by atoms with Gasteiger partial charge >= 0.3 is 0 Å². The van der Waals surface area contributed by atoms with E-state index < -0.39 is 10.0 Å². The molecule has 19 heavy (non-hydrogen) atoms. The Labute approximate surface area is 119 Å². The third kappa shape index (κ3) is 3.37. The minimum Gasteiger partial charge on any atom is -0.496 e. The predicted octanol–water partition coefficient (Wildman–Crippen LogP) is 2.53. The summed E-state index contributed by atoms with van der Waals surface area (Å²) in [7, 11) is -2.12. The van der Waals surface area contributed by atoms with Gasteiger partial charge < -0.3 is 9.15 Å². The van der Waals surface area contributed by atoms with Gasteiger partial charge in [0.2, 0.25) is 10.0 Å². The number of sulfonamides is 1. The fourth-order valence-corrected chi connectivity index (χ4v) is 2.89. The zero-order chi connectivity index (χ0) is 13.9. The zero-order valence-electron chi connectivity index (χ0n) is 10.1. The molecular weight excluding hydrogens is 334 g/mol. The third-order valence-electron chi connectivity index (χ3n) is 2.45. The van der Waals surface area contributed by atoms with Gasteiger partial charge in [-0.15, -0.1) is 0 Å². The van der Waals surface area contributed by atoms with E-state index in [9.17, 15) is 8.42 Å². The zero-order valence-corrected chi connectivity index (χ0v) is 12.5. The first-order valence-corrected chi connectivity index (χ1v) is 7.66. The Morgan fingerprint density at radius 1 is 1.37 bits per heavy atom. The smallest absolute Gasteiger partial charge is 0.241 e. The van der Waals surface area contributed by atoms with Crippen molar-refractivity contribution >= 4 is 26.0 Å². The first-order chi connectivity index (χ1) is 9.03. The van der Waals surface area contributed by atoms with Crippen LogP contribution in [0.15, 0.2) is 50.4 Å². The number of ether oxygens (including phenoxy) is 1. The number of benzene rings is 1. The van der Waals surface area contributed by atoms with Gasteiger partial charge in [-0.1, -0.05) is 0 Å². The monoisotopic (exact) mass is 345 g/mol. The van der Waals surface area contributed by atoms with Crippen molar-refractivity contribution < 1.29 is 17.6 Å². The van der Waals surface area contributed by atoms with E-state index in [-0.39, 0.29) is 11.4 Å². The SMILES string of the molecule is COc1cc(S(=O)(=O)NCc2ccco2)ccc1Br. The van der Waals surface area contributed by atoms with E-state index in [1.807, 2.05) is 0 Å². The minimum absolute atomic E-state index is 0.105. The largest absolute Gasteiger partial charge is 0.496 e. The molecule has 7 heteroatoms. The summed E-state index contributed by atoms with van der Waals surface area (Å²) in [4.78, 5) is 0.138. The summed E-state index contributed by atoms with van der Waals surface area (Å²) in [6, 6.07) is 7.98. The van der Waals surface area contributed by atoms with Crippen LogP contribution in [0.4, 0.5) is 0 Å². The average Bonchev–Trinajstić information content (AvgIpc) is 2.90. The van der Waals surface area contributed by atoms with Gasteiger partial charge in [0.15, 0.2) is 0 Å². The molecule has 1 aromatic heterocycles. The lowest BCUT2D eigenvalue weighted by molar-refractivity contribution is 0.410. The average molecular weight is 346 g/mol. The molecule has 1 N–H and O–H groups in total. The summed E-state index contributed by atoms with van der Waals surface area (Å²) in [5.41, 5.74) is 0. The number of nitrogens with one attached hydrogen (secondary N) is 1. The Morgan fingerprint density at radius 3 is 2.79 bits per heavy atom. The molecule has 102 valence electrons. The van der Waals surface area contributed by atoms with E-state index in [2.05, 4.69) is 20.7 Å². The number of hydrogen-bond donors (Lipinski definition) is 1. The van der Waals surface area contributed by atoms with Crippen molar-refractivity contribution in [2.45, 2.75) is 11.4 Å². The fraction of sp³-hybridized carbons (Fsp3) is 0.167. The van der Waals surface area contributed by atoms with Crippen molar-refractivity contribution in [1.82, 2.24) is 4.72 Å². The van der Waals surface area contributed by atoms with Crippen molar-refractivity contribution in [3.05, 3.63) is 46.8 Å². The first-order valence-electron chi connectivity index (χ1n) is 5.38. The van der Waals surface area contributed by atoms with Crippen molar-refractivity contribution in [1.29, 1.82) is 0 Å².